The van der Waals surface area contributed by atoms with E-state index in [9.17, 15) is 9.59 Å². The number of carbonyl (C=O) groups is 2. The number of thioether (sulfide) groups is 1. The molecule has 0 radical (unpaired) electrons. The van der Waals surface area contributed by atoms with Crippen molar-refractivity contribution in [1.82, 2.24) is 10.2 Å². The van der Waals surface area contributed by atoms with Crippen molar-refractivity contribution in [2.45, 2.75) is 32.0 Å². The fourth-order valence-electron chi connectivity index (χ4n) is 2.73. The number of rotatable bonds is 7. The zero-order chi connectivity index (χ0) is 21.0. The number of thiophene rings is 1. The molecule has 1 aromatic carbocycles. The van der Waals surface area contributed by atoms with Gasteiger partial charge in [0.15, 0.2) is 4.34 Å². The van der Waals surface area contributed by atoms with Gasteiger partial charge in [-0.15, -0.1) is 21.5 Å². The number of aromatic nitrogens is 2. The predicted molar refractivity (Wildman–Crippen MR) is 119 cm³/mol. The van der Waals surface area contributed by atoms with E-state index in [2.05, 4.69) is 15.5 Å². The topological polar surface area (TPSA) is 81.2 Å². The fraction of sp³-hybridized carbons (Fsp3) is 0.300. The van der Waals surface area contributed by atoms with Crippen molar-refractivity contribution < 1.29 is 14.3 Å². The molecule has 3 rings (SSSR count). The van der Waals surface area contributed by atoms with Gasteiger partial charge in [0.05, 0.1) is 12.4 Å². The van der Waals surface area contributed by atoms with E-state index < -0.39 is 5.97 Å². The summed E-state index contributed by atoms with van der Waals surface area (Å²) in [6.45, 7) is 7.85. The maximum atomic E-state index is 12.7. The lowest BCUT2D eigenvalue weighted by Gasteiger charge is -2.09. The standard InChI is InChI=1S/C20H21N3O3S3/c1-5-26-19(25)17-16(14-8-6-11(2)7-9-14)12(3)28-18(17)21-15(24)10-27-20-23-22-13(4)29-20/h6-9H,5,10H2,1-4H3,(H,21,24). The number of amides is 1. The molecule has 0 aliphatic carbocycles. The van der Waals surface area contributed by atoms with Gasteiger partial charge >= 0.3 is 5.97 Å². The first-order valence-corrected chi connectivity index (χ1v) is 11.6. The molecular formula is C20H21N3O3S3. The highest BCUT2D eigenvalue weighted by Gasteiger charge is 2.25. The van der Waals surface area contributed by atoms with Crippen LogP contribution in [0.25, 0.3) is 11.1 Å². The summed E-state index contributed by atoms with van der Waals surface area (Å²) in [5.74, 6) is -0.450. The van der Waals surface area contributed by atoms with Gasteiger partial charge in [-0.3, -0.25) is 4.79 Å². The maximum Gasteiger partial charge on any atom is 0.341 e. The zero-order valence-electron chi connectivity index (χ0n) is 16.6. The Labute approximate surface area is 181 Å². The summed E-state index contributed by atoms with van der Waals surface area (Å²) in [7, 11) is 0. The molecule has 0 saturated heterocycles. The Kier molecular flexibility index (Phi) is 7.05. The van der Waals surface area contributed by atoms with Crippen molar-refractivity contribution in [1.29, 1.82) is 0 Å². The summed E-state index contributed by atoms with van der Waals surface area (Å²) in [4.78, 5) is 26.2. The van der Waals surface area contributed by atoms with Crippen LogP contribution in [0.3, 0.4) is 0 Å². The molecule has 0 bridgehead atoms. The molecule has 2 heterocycles. The largest absolute Gasteiger partial charge is 0.462 e. The third-order valence-corrected chi connectivity index (χ3v) is 6.98. The van der Waals surface area contributed by atoms with Gasteiger partial charge in [0.2, 0.25) is 5.91 Å². The van der Waals surface area contributed by atoms with Crippen molar-refractivity contribution in [2.75, 3.05) is 17.7 Å². The highest BCUT2D eigenvalue weighted by Crippen LogP contribution is 2.40. The van der Waals surface area contributed by atoms with Crippen LogP contribution in [-0.4, -0.2) is 34.4 Å². The van der Waals surface area contributed by atoms with E-state index in [-0.39, 0.29) is 18.3 Å². The summed E-state index contributed by atoms with van der Waals surface area (Å²) in [6.07, 6.45) is 0. The smallest absolute Gasteiger partial charge is 0.341 e. The van der Waals surface area contributed by atoms with E-state index in [1.807, 2.05) is 45.0 Å². The SMILES string of the molecule is CCOC(=O)c1c(NC(=O)CSc2nnc(C)s2)sc(C)c1-c1ccc(C)cc1. The molecule has 0 aliphatic rings. The average Bonchev–Trinajstić information content (AvgIpc) is 3.23. The Morgan fingerprint density at radius 3 is 2.45 bits per heavy atom. The molecule has 1 N–H and O–H groups in total. The second-order valence-electron chi connectivity index (χ2n) is 6.25. The summed E-state index contributed by atoms with van der Waals surface area (Å²) < 4.78 is 6.02. The van der Waals surface area contributed by atoms with Gasteiger partial charge in [-0.25, -0.2) is 4.79 Å². The minimum Gasteiger partial charge on any atom is -0.462 e. The first-order valence-electron chi connectivity index (χ1n) is 8.99. The zero-order valence-corrected chi connectivity index (χ0v) is 19.0. The van der Waals surface area contributed by atoms with Crippen LogP contribution in [0.15, 0.2) is 28.6 Å². The van der Waals surface area contributed by atoms with Crippen molar-refractivity contribution in [2.24, 2.45) is 0 Å². The summed E-state index contributed by atoms with van der Waals surface area (Å²) in [5, 5.41) is 12.2. The minimum absolute atomic E-state index is 0.188. The number of benzene rings is 1. The third kappa shape index (κ3) is 5.23. The van der Waals surface area contributed by atoms with Gasteiger partial charge in [-0.2, -0.15) is 0 Å². The molecule has 152 valence electrons. The molecule has 29 heavy (non-hydrogen) atoms. The van der Waals surface area contributed by atoms with E-state index in [0.717, 1.165) is 30.9 Å². The van der Waals surface area contributed by atoms with Gasteiger partial charge in [-0.05, 0) is 33.3 Å². The van der Waals surface area contributed by atoms with Crippen molar-refractivity contribution in [3.8, 4) is 11.1 Å². The van der Waals surface area contributed by atoms with Crippen molar-refractivity contribution in [3.05, 3.63) is 45.3 Å². The molecule has 6 nitrogen and oxygen atoms in total. The Balaban J connectivity index is 1.87. The number of carbonyl (C=O) groups excluding carboxylic acids is 2. The quantitative estimate of drug-likeness (QED) is 0.401. The van der Waals surface area contributed by atoms with Gasteiger partial charge in [0.1, 0.15) is 15.6 Å². The monoisotopic (exact) mass is 447 g/mol. The lowest BCUT2D eigenvalue weighted by molar-refractivity contribution is -0.113. The Bertz CT molecular complexity index is 1030. The van der Waals surface area contributed by atoms with E-state index in [4.69, 9.17) is 4.74 Å². The predicted octanol–water partition coefficient (Wildman–Crippen LogP) is 5.10. The lowest BCUT2D eigenvalue weighted by atomic mass is 10.0. The molecule has 1 amide bonds. The van der Waals surface area contributed by atoms with Crippen LogP contribution >= 0.6 is 34.4 Å². The molecule has 0 unspecified atom stereocenters. The lowest BCUT2D eigenvalue weighted by Crippen LogP contribution is -2.16. The molecule has 9 heteroatoms. The highest BCUT2D eigenvalue weighted by molar-refractivity contribution is 8.01. The Morgan fingerprint density at radius 2 is 1.83 bits per heavy atom. The average molecular weight is 448 g/mol. The van der Waals surface area contributed by atoms with Gasteiger partial charge < -0.3 is 10.1 Å². The molecular weight excluding hydrogens is 426 g/mol. The number of nitrogens with zero attached hydrogens (tertiary/aromatic N) is 2. The first-order chi connectivity index (χ1) is 13.9. The third-order valence-electron chi connectivity index (χ3n) is 3.99. The Hall–Kier alpha value is -2.23. The molecule has 3 aromatic rings. The van der Waals surface area contributed by atoms with E-state index >= 15 is 0 Å². The van der Waals surface area contributed by atoms with Gasteiger partial charge in [-0.1, -0.05) is 52.9 Å². The molecule has 2 aromatic heterocycles. The number of ether oxygens (including phenoxy) is 1. The first kappa shape index (κ1) is 21.5. The van der Waals surface area contributed by atoms with Crippen molar-refractivity contribution >= 4 is 51.3 Å². The minimum atomic E-state index is -0.435. The summed E-state index contributed by atoms with van der Waals surface area (Å²) in [6, 6.07) is 7.96. The highest BCUT2D eigenvalue weighted by atomic mass is 32.2. The molecule has 0 aliphatic heterocycles. The van der Waals surface area contributed by atoms with Crippen molar-refractivity contribution in [3.63, 3.8) is 0 Å². The Morgan fingerprint density at radius 1 is 1.10 bits per heavy atom. The normalized spacial score (nSPS) is 10.8. The van der Waals surface area contributed by atoms with Crippen LogP contribution in [0.1, 0.15) is 32.7 Å². The van der Waals surface area contributed by atoms with Crippen LogP contribution in [-0.2, 0) is 9.53 Å². The number of esters is 1. The van der Waals surface area contributed by atoms with E-state index in [1.165, 1.54) is 34.4 Å². The van der Waals surface area contributed by atoms with Crippen LogP contribution < -0.4 is 5.32 Å². The maximum absolute atomic E-state index is 12.7. The number of nitrogens with one attached hydrogen (secondary N) is 1. The number of aryl methyl sites for hydroxylation is 3. The molecule has 0 spiro atoms. The summed E-state index contributed by atoms with van der Waals surface area (Å²) in [5.41, 5.74) is 3.27. The second kappa shape index (κ2) is 9.51. The van der Waals surface area contributed by atoms with Crippen LogP contribution in [0, 0.1) is 20.8 Å². The van der Waals surface area contributed by atoms with E-state index in [1.54, 1.807) is 6.92 Å². The fourth-order valence-corrected chi connectivity index (χ4v) is 5.42. The van der Waals surface area contributed by atoms with Crippen LogP contribution in [0.4, 0.5) is 5.00 Å². The summed E-state index contributed by atoms with van der Waals surface area (Å²) >= 11 is 4.15. The number of hydrogen-bond donors (Lipinski definition) is 1. The molecule has 0 fully saturated rings. The second-order valence-corrected chi connectivity index (χ2v) is 9.88. The van der Waals surface area contributed by atoms with Crippen LogP contribution in [0.2, 0.25) is 0 Å². The number of anilines is 1. The molecule has 0 atom stereocenters. The van der Waals surface area contributed by atoms with Crippen LogP contribution in [0.5, 0.6) is 0 Å². The van der Waals surface area contributed by atoms with Gasteiger partial charge in [0.25, 0.3) is 0 Å². The number of hydrogen-bond acceptors (Lipinski definition) is 8. The molecule has 0 saturated carbocycles. The van der Waals surface area contributed by atoms with Gasteiger partial charge in [0, 0.05) is 10.4 Å². The van der Waals surface area contributed by atoms with E-state index in [0.29, 0.717) is 10.6 Å².